The lowest BCUT2D eigenvalue weighted by Crippen LogP contribution is -2.11. The quantitative estimate of drug-likeness (QED) is 0.744. The Morgan fingerprint density at radius 2 is 1.70 bits per heavy atom. The Morgan fingerprint density at radius 1 is 1.11 bits per heavy atom. The maximum absolute atomic E-state index is 14.0. The zero-order valence-corrected chi connectivity index (χ0v) is 13.5. The van der Waals surface area contributed by atoms with Crippen LogP contribution in [0.15, 0.2) is 24.3 Å². The summed E-state index contributed by atoms with van der Waals surface area (Å²) in [5, 5.41) is 10.7. The number of carbonyl (C=O) groups is 1. The molecule has 0 bridgehead atoms. The number of hydrogen-bond donors (Lipinski definition) is 1. The first-order valence-corrected chi connectivity index (χ1v) is 7.24. The van der Waals surface area contributed by atoms with E-state index in [2.05, 4.69) is 5.32 Å². The van der Waals surface area contributed by atoms with E-state index in [4.69, 9.17) is 10.00 Å². The van der Waals surface area contributed by atoms with Gasteiger partial charge in [-0.1, -0.05) is 0 Å². The normalized spacial score (nSPS) is 11.0. The van der Waals surface area contributed by atoms with Crippen LogP contribution in [0, 0.1) is 35.7 Å². The largest absolute Gasteiger partial charge is 0.448 e. The summed E-state index contributed by atoms with van der Waals surface area (Å²) in [4.78, 5) is 11.5. The summed E-state index contributed by atoms with van der Waals surface area (Å²) < 4.78 is 84.2. The highest BCUT2D eigenvalue weighted by Crippen LogP contribution is 2.37. The molecule has 10 heteroatoms. The zero-order chi connectivity index (χ0) is 20.4. The number of carbonyl (C=O) groups excluding carboxylic acids is 1. The number of halogens is 6. The summed E-state index contributed by atoms with van der Waals surface area (Å²) in [6, 6.07) is 3.41. The summed E-state index contributed by atoms with van der Waals surface area (Å²) in [6.45, 7) is 1.41. The number of nitrogens with one attached hydrogen (secondary N) is 1. The van der Waals surface area contributed by atoms with Crippen LogP contribution in [0.5, 0.6) is 11.5 Å². The van der Waals surface area contributed by atoms with Crippen molar-refractivity contribution in [3.63, 3.8) is 0 Å². The zero-order valence-electron chi connectivity index (χ0n) is 13.5. The monoisotopic (exact) mass is 388 g/mol. The molecule has 0 aliphatic carbocycles. The Hall–Kier alpha value is -3.22. The highest BCUT2D eigenvalue weighted by molar-refractivity contribution is 5.93. The van der Waals surface area contributed by atoms with Crippen molar-refractivity contribution in [3.8, 4) is 17.6 Å². The molecule has 0 radical (unpaired) electrons. The van der Waals surface area contributed by atoms with Crippen LogP contribution in [-0.2, 0) is 11.0 Å². The second-order valence-electron chi connectivity index (χ2n) is 5.35. The van der Waals surface area contributed by atoms with Gasteiger partial charge in [0, 0.05) is 11.8 Å². The van der Waals surface area contributed by atoms with E-state index in [1.54, 1.807) is 6.07 Å². The highest BCUT2D eigenvalue weighted by atomic mass is 19.4. The Labute approximate surface area is 149 Å². The predicted molar refractivity (Wildman–Crippen MR) is 81.4 cm³/mol. The summed E-state index contributed by atoms with van der Waals surface area (Å²) >= 11 is 0. The third-order valence-corrected chi connectivity index (χ3v) is 3.33. The molecule has 0 aliphatic rings. The number of rotatable bonds is 4. The van der Waals surface area contributed by atoms with Gasteiger partial charge >= 0.3 is 6.18 Å². The molecule has 27 heavy (non-hydrogen) atoms. The number of nitrogens with zero attached hydrogens (tertiary/aromatic N) is 1. The minimum absolute atomic E-state index is 0.000576. The molecule has 2 aromatic carbocycles. The van der Waals surface area contributed by atoms with Gasteiger partial charge in [0.2, 0.25) is 5.91 Å². The maximum atomic E-state index is 14.0. The van der Waals surface area contributed by atoms with Gasteiger partial charge in [-0.2, -0.15) is 18.4 Å². The molecule has 0 fully saturated rings. The van der Waals surface area contributed by atoms with Crippen LogP contribution in [-0.4, -0.2) is 5.91 Å². The van der Waals surface area contributed by atoms with Crippen molar-refractivity contribution in [2.75, 3.05) is 5.32 Å². The molecule has 0 spiro atoms. The Bertz CT molecular complexity index is 911. The van der Waals surface area contributed by atoms with Gasteiger partial charge in [0.25, 0.3) is 0 Å². The standard InChI is InChI=1S/C17H10F6N2O2/c1-8-4-10(18)14(7-13(8)25-15(26)2-3-24)27-16-11(19)5-9(6-12(16)20)17(21,22)23/h4-7H,2H2,1H3,(H,25,26). The lowest BCUT2D eigenvalue weighted by Gasteiger charge is -2.14. The SMILES string of the molecule is Cc1cc(F)c(Oc2c(F)cc(C(F)(F)F)cc2F)cc1NC(=O)CC#N. The molecule has 1 N–H and O–H groups in total. The fourth-order valence-electron chi connectivity index (χ4n) is 2.06. The van der Waals surface area contributed by atoms with Crippen LogP contribution in [0.25, 0.3) is 0 Å². The smallest absolute Gasteiger partial charge is 0.416 e. The van der Waals surface area contributed by atoms with Gasteiger partial charge in [-0.25, -0.2) is 13.2 Å². The molecule has 1 amide bonds. The van der Waals surface area contributed by atoms with E-state index in [-0.39, 0.29) is 23.4 Å². The van der Waals surface area contributed by atoms with E-state index in [1.165, 1.54) is 6.92 Å². The van der Waals surface area contributed by atoms with Gasteiger partial charge in [-0.05, 0) is 30.7 Å². The average molecular weight is 388 g/mol. The predicted octanol–water partition coefficient (Wildman–Crippen LogP) is 5.08. The van der Waals surface area contributed by atoms with Gasteiger partial charge in [-0.3, -0.25) is 4.79 Å². The fraction of sp³-hybridized carbons (Fsp3) is 0.176. The van der Waals surface area contributed by atoms with Crippen molar-refractivity contribution in [2.45, 2.75) is 19.5 Å². The minimum Gasteiger partial charge on any atom is -0.448 e. The number of benzene rings is 2. The van der Waals surface area contributed by atoms with Gasteiger partial charge in [-0.15, -0.1) is 0 Å². The number of nitriles is 1. The number of alkyl halides is 3. The summed E-state index contributed by atoms with van der Waals surface area (Å²) in [5.74, 6) is -7.12. The van der Waals surface area contributed by atoms with Crippen molar-refractivity contribution in [2.24, 2.45) is 0 Å². The van der Waals surface area contributed by atoms with Crippen molar-refractivity contribution < 1.29 is 35.9 Å². The molecule has 2 rings (SSSR count). The van der Waals surface area contributed by atoms with Crippen LogP contribution >= 0.6 is 0 Å². The summed E-state index contributed by atoms with van der Waals surface area (Å²) in [5.41, 5.74) is -1.35. The van der Waals surface area contributed by atoms with Gasteiger partial charge in [0.1, 0.15) is 6.42 Å². The number of ether oxygens (including phenoxy) is 1. The summed E-state index contributed by atoms with van der Waals surface area (Å²) in [7, 11) is 0. The lowest BCUT2D eigenvalue weighted by molar-refractivity contribution is -0.138. The molecule has 0 atom stereocenters. The van der Waals surface area contributed by atoms with E-state index in [1.807, 2.05) is 0 Å². The third-order valence-electron chi connectivity index (χ3n) is 3.33. The minimum atomic E-state index is -4.98. The van der Waals surface area contributed by atoms with Gasteiger partial charge in [0.15, 0.2) is 29.0 Å². The molecule has 0 saturated heterocycles. The van der Waals surface area contributed by atoms with Crippen LogP contribution in [0.1, 0.15) is 17.5 Å². The lowest BCUT2D eigenvalue weighted by atomic mass is 10.1. The Balaban J connectivity index is 2.40. The second kappa shape index (κ2) is 7.57. The van der Waals surface area contributed by atoms with Gasteiger partial charge in [0.05, 0.1) is 11.6 Å². The maximum Gasteiger partial charge on any atom is 0.416 e. The van der Waals surface area contributed by atoms with Crippen molar-refractivity contribution in [1.29, 1.82) is 5.26 Å². The van der Waals surface area contributed by atoms with Crippen LogP contribution in [0.2, 0.25) is 0 Å². The average Bonchev–Trinajstić information content (AvgIpc) is 2.53. The molecular formula is C17H10F6N2O2. The number of hydrogen-bond acceptors (Lipinski definition) is 3. The number of aryl methyl sites for hydroxylation is 1. The van der Waals surface area contributed by atoms with Crippen molar-refractivity contribution >= 4 is 11.6 Å². The molecule has 0 unspecified atom stereocenters. The molecule has 142 valence electrons. The molecule has 0 heterocycles. The first-order valence-electron chi connectivity index (χ1n) is 7.24. The number of anilines is 1. The second-order valence-corrected chi connectivity index (χ2v) is 5.35. The highest BCUT2D eigenvalue weighted by Gasteiger charge is 2.33. The Kier molecular flexibility index (Phi) is 5.64. The van der Waals surface area contributed by atoms with E-state index < -0.39 is 53.0 Å². The van der Waals surface area contributed by atoms with E-state index in [9.17, 15) is 31.1 Å². The topological polar surface area (TPSA) is 62.1 Å². The molecule has 0 aliphatic heterocycles. The van der Waals surface area contributed by atoms with E-state index in [0.29, 0.717) is 0 Å². The number of amides is 1. The van der Waals surface area contributed by atoms with Gasteiger partial charge < -0.3 is 10.1 Å². The van der Waals surface area contributed by atoms with Crippen molar-refractivity contribution in [3.05, 3.63) is 52.8 Å². The van der Waals surface area contributed by atoms with E-state index in [0.717, 1.165) is 12.1 Å². The van der Waals surface area contributed by atoms with Crippen LogP contribution in [0.4, 0.5) is 32.0 Å². The molecule has 4 nitrogen and oxygen atoms in total. The van der Waals surface area contributed by atoms with Crippen LogP contribution in [0.3, 0.4) is 0 Å². The molecule has 0 saturated carbocycles. The third kappa shape index (κ3) is 4.69. The first kappa shape index (κ1) is 20.1. The first-order chi connectivity index (χ1) is 12.5. The van der Waals surface area contributed by atoms with Crippen molar-refractivity contribution in [1.82, 2.24) is 0 Å². The Morgan fingerprint density at radius 3 is 2.22 bits per heavy atom. The summed E-state index contributed by atoms with van der Waals surface area (Å²) in [6.07, 6.45) is -5.47. The van der Waals surface area contributed by atoms with E-state index >= 15 is 0 Å². The molecule has 2 aromatic rings. The fourth-order valence-corrected chi connectivity index (χ4v) is 2.06. The molecular weight excluding hydrogens is 378 g/mol. The molecule has 0 aromatic heterocycles. The van der Waals surface area contributed by atoms with Crippen LogP contribution < -0.4 is 10.1 Å².